The average molecular weight is 585 g/mol. The summed E-state index contributed by atoms with van der Waals surface area (Å²) in [5.74, 6) is 0. The van der Waals surface area contributed by atoms with Crippen LogP contribution in [0.2, 0.25) is 0 Å². The van der Waals surface area contributed by atoms with Gasteiger partial charge in [-0.3, -0.25) is 9.09 Å². The minimum absolute atomic E-state index is 0.0412. The van der Waals surface area contributed by atoms with E-state index >= 15 is 4.57 Å². The smallest absolute Gasteiger partial charge is 0.347 e. The molecule has 0 aliphatic carbocycles. The molecule has 7 nitrogen and oxygen atoms in total. The van der Waals surface area contributed by atoms with Crippen molar-refractivity contribution in [1.29, 1.82) is 0 Å². The molecule has 2 saturated heterocycles. The number of aliphatic hydroxyl groups excluding tert-OH is 3. The standard InChI is InChI=1S/C34H37N2O5P/c37-23-29-15-11-27(12-16-29)21-35-31(19-25-7-3-1-4-8-25)33(39)34-32(20-26-9-5-2-6-10-26)36(42(35,40)41-34)22-28-13-17-30(24-38)18-14-28/h1-18,31-34,37-39H,19-24H2. The van der Waals surface area contributed by atoms with Crippen molar-refractivity contribution in [3.05, 3.63) is 143 Å². The number of benzene rings is 4. The summed E-state index contributed by atoms with van der Waals surface area (Å²) in [6.45, 7) is 0.608. The number of rotatable bonds is 10. The molecule has 0 amide bonds. The third-order valence-electron chi connectivity index (χ3n) is 8.46. The fraction of sp³-hybridized carbons (Fsp3) is 0.294. The van der Waals surface area contributed by atoms with Crippen LogP contribution in [0.4, 0.5) is 0 Å². The van der Waals surface area contributed by atoms with Crippen LogP contribution in [-0.4, -0.2) is 49.0 Å². The summed E-state index contributed by atoms with van der Waals surface area (Å²) in [4.78, 5) is 0. The number of nitrogens with zero attached hydrogens (tertiary/aromatic N) is 2. The first-order valence-electron chi connectivity index (χ1n) is 14.4. The topological polar surface area (TPSA) is 93.5 Å². The SMILES string of the molecule is O=P12OC(C(O)C(Cc3ccccc3)N1Cc1ccc(CO)cc1)C(Cc1ccccc1)N2Cc1ccc(CO)cc1. The number of fused-ring (bicyclic) bond motifs is 2. The molecule has 2 heterocycles. The van der Waals surface area contributed by atoms with Gasteiger partial charge in [0.2, 0.25) is 0 Å². The molecule has 6 rings (SSSR count). The Morgan fingerprint density at radius 2 is 0.976 bits per heavy atom. The van der Waals surface area contributed by atoms with E-state index in [1.165, 1.54) is 0 Å². The summed E-state index contributed by atoms with van der Waals surface area (Å²) >= 11 is 0. The predicted molar refractivity (Wildman–Crippen MR) is 162 cm³/mol. The number of aliphatic hydroxyl groups is 3. The maximum absolute atomic E-state index is 15.3. The van der Waals surface area contributed by atoms with E-state index in [4.69, 9.17) is 4.52 Å². The molecule has 5 atom stereocenters. The van der Waals surface area contributed by atoms with Crippen LogP contribution in [0.15, 0.2) is 109 Å². The molecule has 3 N–H and O–H groups in total. The summed E-state index contributed by atoms with van der Waals surface area (Å²) in [5.41, 5.74) is 5.64. The Labute approximate surface area is 247 Å². The molecule has 0 radical (unpaired) electrons. The van der Waals surface area contributed by atoms with E-state index in [1.54, 1.807) is 0 Å². The van der Waals surface area contributed by atoms with Gasteiger partial charge in [0.1, 0.15) is 6.10 Å². The molecule has 2 aliphatic rings. The second kappa shape index (κ2) is 12.6. The highest BCUT2D eigenvalue weighted by atomic mass is 31.2. The minimum atomic E-state index is -3.62. The maximum Gasteiger partial charge on any atom is 0.347 e. The number of hydrogen-bond donors (Lipinski definition) is 3. The molecular weight excluding hydrogens is 547 g/mol. The van der Waals surface area contributed by atoms with Crippen molar-refractivity contribution >= 4 is 7.67 Å². The van der Waals surface area contributed by atoms with Crippen LogP contribution in [0, 0.1) is 0 Å². The fourth-order valence-corrected chi connectivity index (χ4v) is 9.16. The van der Waals surface area contributed by atoms with E-state index in [9.17, 15) is 15.3 Å². The van der Waals surface area contributed by atoms with Gasteiger partial charge in [-0.1, -0.05) is 109 Å². The summed E-state index contributed by atoms with van der Waals surface area (Å²) in [7, 11) is -3.62. The molecule has 5 unspecified atom stereocenters. The molecule has 0 saturated carbocycles. The first-order chi connectivity index (χ1) is 20.5. The van der Waals surface area contributed by atoms with Gasteiger partial charge in [-0.05, 0) is 46.2 Å². The van der Waals surface area contributed by atoms with Gasteiger partial charge in [0.15, 0.2) is 0 Å². The van der Waals surface area contributed by atoms with E-state index in [-0.39, 0.29) is 19.3 Å². The van der Waals surface area contributed by atoms with Crippen molar-refractivity contribution < 1.29 is 24.4 Å². The van der Waals surface area contributed by atoms with Gasteiger partial charge < -0.3 is 15.3 Å². The van der Waals surface area contributed by atoms with Crippen molar-refractivity contribution in [3.8, 4) is 0 Å². The molecule has 42 heavy (non-hydrogen) atoms. The molecule has 4 aromatic carbocycles. The molecule has 2 aliphatic heterocycles. The largest absolute Gasteiger partial charge is 0.392 e. The highest BCUT2D eigenvalue weighted by Gasteiger charge is 2.62. The fourth-order valence-electron chi connectivity index (χ4n) is 6.17. The molecule has 218 valence electrons. The lowest BCUT2D eigenvalue weighted by molar-refractivity contribution is -0.0378. The third-order valence-corrected chi connectivity index (χ3v) is 11.2. The van der Waals surface area contributed by atoms with Crippen LogP contribution in [0.5, 0.6) is 0 Å². The lowest BCUT2D eigenvalue weighted by Gasteiger charge is -2.43. The van der Waals surface area contributed by atoms with Gasteiger partial charge in [-0.15, -0.1) is 0 Å². The van der Waals surface area contributed by atoms with Gasteiger partial charge in [-0.25, -0.2) is 9.34 Å². The molecule has 0 spiro atoms. The second-order valence-corrected chi connectivity index (χ2v) is 13.4. The van der Waals surface area contributed by atoms with Crippen LogP contribution >= 0.6 is 7.67 Å². The molecule has 2 bridgehead atoms. The Kier molecular flexibility index (Phi) is 8.70. The van der Waals surface area contributed by atoms with Crippen molar-refractivity contribution in [1.82, 2.24) is 9.34 Å². The highest BCUT2D eigenvalue weighted by molar-refractivity contribution is 7.54. The zero-order chi connectivity index (χ0) is 29.1. The van der Waals surface area contributed by atoms with Crippen molar-refractivity contribution in [2.24, 2.45) is 0 Å². The Balaban J connectivity index is 1.42. The average Bonchev–Trinajstić information content (AvgIpc) is 3.28. The van der Waals surface area contributed by atoms with E-state index in [0.29, 0.717) is 25.9 Å². The molecule has 8 heteroatoms. The Morgan fingerprint density at radius 3 is 1.43 bits per heavy atom. The quantitative estimate of drug-likeness (QED) is 0.224. The van der Waals surface area contributed by atoms with Crippen LogP contribution in [0.25, 0.3) is 0 Å². The molecular formula is C34H37N2O5P. The van der Waals surface area contributed by atoms with Gasteiger partial charge in [-0.2, -0.15) is 0 Å². The second-order valence-electron chi connectivity index (χ2n) is 11.2. The van der Waals surface area contributed by atoms with Gasteiger partial charge in [0.05, 0.1) is 31.4 Å². The Bertz CT molecular complexity index is 1460. The van der Waals surface area contributed by atoms with E-state index < -0.39 is 25.9 Å². The van der Waals surface area contributed by atoms with Gasteiger partial charge in [0, 0.05) is 13.1 Å². The van der Waals surface area contributed by atoms with Crippen molar-refractivity contribution in [2.75, 3.05) is 0 Å². The Morgan fingerprint density at radius 1 is 0.571 bits per heavy atom. The first-order valence-corrected chi connectivity index (χ1v) is 16.0. The van der Waals surface area contributed by atoms with Crippen LogP contribution < -0.4 is 0 Å². The van der Waals surface area contributed by atoms with Crippen LogP contribution in [0.1, 0.15) is 33.4 Å². The zero-order valence-electron chi connectivity index (χ0n) is 23.4. The lowest BCUT2D eigenvalue weighted by atomic mass is 9.91. The van der Waals surface area contributed by atoms with Crippen LogP contribution in [-0.2, 0) is 48.2 Å². The van der Waals surface area contributed by atoms with Gasteiger partial charge in [0.25, 0.3) is 0 Å². The molecule has 2 fully saturated rings. The summed E-state index contributed by atoms with van der Waals surface area (Å²) in [6.07, 6.45) is -0.398. The molecule has 0 aromatic heterocycles. The first kappa shape index (κ1) is 29.0. The maximum atomic E-state index is 15.3. The highest BCUT2D eigenvalue weighted by Crippen LogP contribution is 2.67. The summed E-state index contributed by atoms with van der Waals surface area (Å²) < 4.78 is 25.7. The third kappa shape index (κ3) is 5.87. The van der Waals surface area contributed by atoms with Crippen molar-refractivity contribution in [2.45, 2.75) is 63.4 Å². The van der Waals surface area contributed by atoms with E-state index in [0.717, 1.165) is 33.4 Å². The lowest BCUT2D eigenvalue weighted by Crippen LogP contribution is -2.53. The van der Waals surface area contributed by atoms with Gasteiger partial charge >= 0.3 is 7.67 Å². The predicted octanol–water partition coefficient (Wildman–Crippen LogP) is 5.08. The van der Waals surface area contributed by atoms with Crippen molar-refractivity contribution in [3.63, 3.8) is 0 Å². The minimum Gasteiger partial charge on any atom is -0.392 e. The monoisotopic (exact) mass is 584 g/mol. The van der Waals surface area contributed by atoms with E-state index in [1.807, 2.05) is 106 Å². The summed E-state index contributed by atoms with van der Waals surface area (Å²) in [5, 5.41) is 31.1. The number of hydrogen-bond acceptors (Lipinski definition) is 5. The Hall–Kier alpha value is -3.13. The summed E-state index contributed by atoms with van der Waals surface area (Å²) in [6, 6.07) is 34.6. The zero-order valence-corrected chi connectivity index (χ0v) is 24.3. The normalized spacial score (nSPS) is 26.0. The van der Waals surface area contributed by atoms with Crippen LogP contribution in [0.3, 0.4) is 0 Å². The van der Waals surface area contributed by atoms with E-state index in [2.05, 4.69) is 12.1 Å². The molecule has 4 aromatic rings.